The Morgan fingerprint density at radius 2 is 2.53 bits per heavy atom. The lowest BCUT2D eigenvalue weighted by Gasteiger charge is -2.05. The van der Waals surface area contributed by atoms with Crippen LogP contribution in [0.25, 0.3) is 0 Å². The van der Waals surface area contributed by atoms with Gasteiger partial charge in [0.25, 0.3) is 0 Å². The van der Waals surface area contributed by atoms with Crippen molar-refractivity contribution in [2.75, 3.05) is 12.3 Å². The Morgan fingerprint density at radius 1 is 1.80 bits per heavy atom. The van der Waals surface area contributed by atoms with Crippen molar-refractivity contribution in [3.63, 3.8) is 0 Å². The minimum atomic E-state index is -1.06. The summed E-state index contributed by atoms with van der Waals surface area (Å²) in [4.78, 5) is 10.5. The highest BCUT2D eigenvalue weighted by Gasteiger charge is 2.10. The Kier molecular flexibility index (Phi) is 4.64. The molecule has 0 bridgehead atoms. The summed E-state index contributed by atoms with van der Waals surface area (Å²) in [5.41, 5.74) is 5.42. The number of nitrogens with two attached hydrogens (primary N) is 1. The molecule has 0 aliphatic carbocycles. The van der Waals surface area contributed by atoms with Crippen LogP contribution in [0.5, 0.6) is 0 Å². The lowest BCUT2D eigenvalue weighted by molar-refractivity contribution is 0.0685. The second kappa shape index (κ2) is 5.77. The first kappa shape index (κ1) is 12.1. The Morgan fingerprint density at radius 3 is 3.07 bits per heavy atom. The highest BCUT2D eigenvalue weighted by atomic mass is 32.2. The van der Waals surface area contributed by atoms with Crippen LogP contribution in [-0.4, -0.2) is 28.5 Å². The summed E-state index contributed by atoms with van der Waals surface area (Å²) in [5, 5.41) is 12.0. The number of aromatic nitrogens is 1. The van der Waals surface area contributed by atoms with Gasteiger partial charge >= 0.3 is 5.97 Å². The fraction of sp³-hybridized carbons (Fsp3) is 0.556. The van der Waals surface area contributed by atoms with Crippen LogP contribution in [0.4, 0.5) is 0 Å². The number of carboxylic acids is 1. The van der Waals surface area contributed by atoms with E-state index in [0.717, 1.165) is 5.75 Å². The predicted octanol–water partition coefficient (Wildman–Crippen LogP) is 1.20. The summed E-state index contributed by atoms with van der Waals surface area (Å²) in [5.74, 6) is 1.54. The number of rotatable bonds is 6. The average molecular weight is 230 g/mol. The van der Waals surface area contributed by atoms with Crippen molar-refractivity contribution in [1.82, 2.24) is 5.16 Å². The Bertz CT molecular complexity index is 327. The van der Waals surface area contributed by atoms with Crippen LogP contribution in [0.15, 0.2) is 10.6 Å². The third kappa shape index (κ3) is 3.93. The van der Waals surface area contributed by atoms with E-state index in [2.05, 4.69) is 12.1 Å². The molecular weight excluding hydrogens is 216 g/mol. The lowest BCUT2D eigenvalue weighted by Crippen LogP contribution is -2.12. The standard InChI is InChI=1S/C9H14N2O3S/c1-6(3-10)4-15-5-7-2-8(9(12)13)11-14-7/h2,6H,3-5,10H2,1H3,(H,12,13). The highest BCUT2D eigenvalue weighted by Crippen LogP contribution is 2.15. The fourth-order valence-electron chi connectivity index (χ4n) is 0.911. The summed E-state index contributed by atoms with van der Waals surface area (Å²) in [6.07, 6.45) is 0. The van der Waals surface area contributed by atoms with Crippen LogP contribution in [0, 0.1) is 5.92 Å². The van der Waals surface area contributed by atoms with Crippen molar-refractivity contribution < 1.29 is 14.4 Å². The van der Waals surface area contributed by atoms with Crippen molar-refractivity contribution in [3.05, 3.63) is 17.5 Å². The molecule has 1 aromatic rings. The minimum Gasteiger partial charge on any atom is -0.476 e. The molecule has 1 unspecified atom stereocenters. The number of carbonyl (C=O) groups is 1. The fourth-order valence-corrected chi connectivity index (χ4v) is 1.90. The molecule has 15 heavy (non-hydrogen) atoms. The average Bonchev–Trinajstić information content (AvgIpc) is 2.66. The lowest BCUT2D eigenvalue weighted by atomic mass is 10.2. The van der Waals surface area contributed by atoms with Gasteiger partial charge in [0.05, 0.1) is 5.75 Å². The molecule has 6 heteroatoms. The molecular formula is C9H14N2O3S. The van der Waals surface area contributed by atoms with Gasteiger partial charge in [-0.3, -0.25) is 0 Å². The Hall–Kier alpha value is -1.01. The maximum absolute atomic E-state index is 10.5. The van der Waals surface area contributed by atoms with E-state index in [4.69, 9.17) is 15.4 Å². The molecule has 0 amide bonds. The molecule has 5 nitrogen and oxygen atoms in total. The quantitative estimate of drug-likeness (QED) is 0.763. The van der Waals surface area contributed by atoms with E-state index >= 15 is 0 Å². The van der Waals surface area contributed by atoms with E-state index in [1.165, 1.54) is 6.07 Å². The van der Waals surface area contributed by atoms with Crippen LogP contribution in [0.2, 0.25) is 0 Å². The molecule has 0 aliphatic heterocycles. The van der Waals surface area contributed by atoms with Crippen molar-refractivity contribution in [2.45, 2.75) is 12.7 Å². The summed E-state index contributed by atoms with van der Waals surface area (Å²) in [6.45, 7) is 2.72. The van der Waals surface area contributed by atoms with Gasteiger partial charge in [-0.1, -0.05) is 12.1 Å². The molecule has 1 heterocycles. The summed E-state index contributed by atoms with van der Waals surface area (Å²) in [6, 6.07) is 1.45. The number of hydrogen-bond donors (Lipinski definition) is 2. The van der Waals surface area contributed by atoms with Crippen molar-refractivity contribution >= 4 is 17.7 Å². The van der Waals surface area contributed by atoms with Gasteiger partial charge in [0.15, 0.2) is 5.69 Å². The van der Waals surface area contributed by atoms with Crippen molar-refractivity contribution in [1.29, 1.82) is 0 Å². The molecule has 84 valence electrons. The van der Waals surface area contributed by atoms with Crippen molar-refractivity contribution in [2.24, 2.45) is 11.7 Å². The van der Waals surface area contributed by atoms with E-state index in [1.807, 2.05) is 0 Å². The SMILES string of the molecule is CC(CN)CSCc1cc(C(=O)O)no1. The van der Waals surface area contributed by atoms with Crippen LogP contribution in [0.3, 0.4) is 0 Å². The zero-order valence-electron chi connectivity index (χ0n) is 8.47. The van der Waals surface area contributed by atoms with E-state index in [9.17, 15) is 4.79 Å². The molecule has 0 saturated heterocycles. The molecule has 1 rings (SSSR count). The molecule has 3 N–H and O–H groups in total. The molecule has 1 aromatic heterocycles. The molecule has 0 saturated carbocycles. The van der Waals surface area contributed by atoms with E-state index in [-0.39, 0.29) is 5.69 Å². The van der Waals surface area contributed by atoms with E-state index < -0.39 is 5.97 Å². The third-order valence-electron chi connectivity index (χ3n) is 1.83. The molecule has 0 radical (unpaired) electrons. The van der Waals surface area contributed by atoms with Gasteiger partial charge in [-0.2, -0.15) is 11.8 Å². The van der Waals surface area contributed by atoms with Crippen molar-refractivity contribution in [3.8, 4) is 0 Å². The summed E-state index contributed by atoms with van der Waals surface area (Å²) in [7, 11) is 0. The minimum absolute atomic E-state index is 0.0440. The second-order valence-corrected chi connectivity index (χ2v) is 4.37. The van der Waals surface area contributed by atoms with Gasteiger partial charge < -0.3 is 15.4 Å². The van der Waals surface area contributed by atoms with Gasteiger partial charge in [0, 0.05) is 6.07 Å². The predicted molar refractivity (Wildman–Crippen MR) is 57.8 cm³/mol. The number of carboxylic acid groups (broad SMARTS) is 1. The zero-order chi connectivity index (χ0) is 11.3. The van der Waals surface area contributed by atoms with E-state index in [0.29, 0.717) is 24.0 Å². The first-order valence-electron chi connectivity index (χ1n) is 4.60. The van der Waals surface area contributed by atoms with Crippen LogP contribution in [-0.2, 0) is 5.75 Å². The number of hydrogen-bond acceptors (Lipinski definition) is 5. The number of nitrogens with zero attached hydrogens (tertiary/aromatic N) is 1. The van der Waals surface area contributed by atoms with Gasteiger partial charge in [0.1, 0.15) is 5.76 Å². The van der Waals surface area contributed by atoms with Crippen LogP contribution >= 0.6 is 11.8 Å². The first-order valence-corrected chi connectivity index (χ1v) is 5.75. The maximum atomic E-state index is 10.5. The first-order chi connectivity index (χ1) is 7.13. The molecule has 0 fully saturated rings. The molecule has 0 aliphatic rings. The number of aromatic carboxylic acids is 1. The maximum Gasteiger partial charge on any atom is 0.358 e. The second-order valence-electron chi connectivity index (χ2n) is 3.34. The van der Waals surface area contributed by atoms with Gasteiger partial charge in [-0.05, 0) is 18.2 Å². The number of thioether (sulfide) groups is 1. The van der Waals surface area contributed by atoms with Gasteiger partial charge in [-0.15, -0.1) is 0 Å². The Labute approximate surface area is 92.0 Å². The Balaban J connectivity index is 2.35. The topological polar surface area (TPSA) is 89.4 Å². The zero-order valence-corrected chi connectivity index (χ0v) is 9.29. The monoisotopic (exact) mass is 230 g/mol. The van der Waals surface area contributed by atoms with Gasteiger partial charge in [-0.25, -0.2) is 4.79 Å². The molecule has 0 aromatic carbocycles. The summed E-state index contributed by atoms with van der Waals surface area (Å²) >= 11 is 1.66. The van der Waals surface area contributed by atoms with Crippen LogP contribution in [0.1, 0.15) is 23.2 Å². The van der Waals surface area contributed by atoms with Crippen LogP contribution < -0.4 is 5.73 Å². The highest BCUT2D eigenvalue weighted by molar-refractivity contribution is 7.98. The largest absolute Gasteiger partial charge is 0.476 e. The summed E-state index contributed by atoms with van der Waals surface area (Å²) < 4.78 is 4.86. The smallest absolute Gasteiger partial charge is 0.358 e. The molecule has 1 atom stereocenters. The van der Waals surface area contributed by atoms with E-state index in [1.54, 1.807) is 11.8 Å². The third-order valence-corrected chi connectivity index (χ3v) is 3.12. The molecule has 0 spiro atoms. The normalized spacial score (nSPS) is 12.7. The van der Waals surface area contributed by atoms with Gasteiger partial charge in [0.2, 0.25) is 0 Å².